The molecule has 4 aromatic rings. The molecular weight excluding hydrogens is 515 g/mol. The van der Waals surface area contributed by atoms with E-state index in [9.17, 15) is 0 Å². The van der Waals surface area contributed by atoms with E-state index in [0.717, 1.165) is 39.7 Å². The third-order valence-corrected chi connectivity index (χ3v) is 7.30. The lowest BCUT2D eigenvalue weighted by molar-refractivity contribution is 1.31. The van der Waals surface area contributed by atoms with Gasteiger partial charge in [0.2, 0.25) is 0 Å². The molecule has 120 valence electrons. The van der Waals surface area contributed by atoms with Crippen LogP contribution in [0.3, 0.4) is 0 Å². The van der Waals surface area contributed by atoms with E-state index in [-0.39, 0.29) is 0 Å². The molecule has 0 saturated heterocycles. The van der Waals surface area contributed by atoms with E-state index in [4.69, 9.17) is 33.2 Å². The molecule has 0 aliphatic heterocycles. The van der Waals surface area contributed by atoms with Crippen molar-refractivity contribution in [2.75, 3.05) is 0 Å². The molecule has 0 radical (unpaired) electrons. The van der Waals surface area contributed by atoms with Crippen molar-refractivity contribution in [2.24, 2.45) is 0 Å². The number of hydrogen-bond donors (Lipinski definition) is 0. The van der Waals surface area contributed by atoms with Gasteiger partial charge in [-0.3, -0.25) is 0 Å². The van der Waals surface area contributed by atoms with Gasteiger partial charge < -0.3 is 0 Å². The van der Waals surface area contributed by atoms with E-state index >= 15 is 0 Å². The van der Waals surface area contributed by atoms with Gasteiger partial charge in [-0.25, -0.2) is 9.97 Å². The molecule has 0 unspecified atom stereocenters. The predicted molar refractivity (Wildman–Crippen MR) is 112 cm³/mol. The summed E-state index contributed by atoms with van der Waals surface area (Å²) < 4.78 is 2.10. The van der Waals surface area contributed by atoms with Crippen LogP contribution in [-0.2, 0) is 0 Å². The van der Waals surface area contributed by atoms with Gasteiger partial charge in [-0.15, -0.1) is 22.7 Å². The second-order valence-corrected chi connectivity index (χ2v) is 10.6. The highest BCUT2D eigenvalue weighted by Crippen LogP contribution is 2.40. The fourth-order valence-electron chi connectivity index (χ4n) is 2.28. The number of benzene rings is 1. The first-order chi connectivity index (χ1) is 11.5. The van der Waals surface area contributed by atoms with Gasteiger partial charge in [0.1, 0.15) is 11.4 Å². The summed E-state index contributed by atoms with van der Waals surface area (Å²) in [7, 11) is 0. The molecule has 4 rings (SSSR count). The first-order valence-electron chi connectivity index (χ1n) is 6.69. The summed E-state index contributed by atoms with van der Waals surface area (Å²) in [6.07, 6.45) is 0. The van der Waals surface area contributed by atoms with Crippen LogP contribution in [0.4, 0.5) is 0 Å². The van der Waals surface area contributed by atoms with Gasteiger partial charge in [0.25, 0.3) is 0 Å². The zero-order valence-corrected chi connectivity index (χ0v) is 18.0. The summed E-state index contributed by atoms with van der Waals surface area (Å²) >= 11 is 22.5. The van der Waals surface area contributed by atoms with Gasteiger partial charge in [0, 0.05) is 0 Å². The first kappa shape index (κ1) is 16.9. The van der Waals surface area contributed by atoms with Gasteiger partial charge in [0.15, 0.2) is 0 Å². The SMILES string of the molecule is Clc1cc2nc(-c3ccc(Br)s3)c(-c3ccc(Br)s3)nc2cc1Cl. The van der Waals surface area contributed by atoms with Crippen LogP contribution >= 0.6 is 77.7 Å². The minimum atomic E-state index is 0.475. The van der Waals surface area contributed by atoms with Crippen molar-refractivity contribution in [3.05, 3.63) is 54.0 Å². The van der Waals surface area contributed by atoms with Crippen LogP contribution in [0.1, 0.15) is 0 Å². The van der Waals surface area contributed by atoms with E-state index < -0.39 is 0 Å². The Kier molecular flexibility index (Phi) is 4.71. The van der Waals surface area contributed by atoms with Crippen molar-refractivity contribution in [1.29, 1.82) is 0 Å². The van der Waals surface area contributed by atoms with Gasteiger partial charge in [0.05, 0.1) is 38.4 Å². The van der Waals surface area contributed by atoms with Crippen molar-refractivity contribution in [3.63, 3.8) is 0 Å². The Bertz CT molecular complexity index is 991. The average molecular weight is 521 g/mol. The van der Waals surface area contributed by atoms with Crippen LogP contribution in [-0.4, -0.2) is 9.97 Å². The van der Waals surface area contributed by atoms with Crippen molar-refractivity contribution in [3.8, 4) is 21.1 Å². The number of hydrogen-bond acceptors (Lipinski definition) is 4. The van der Waals surface area contributed by atoms with Gasteiger partial charge in [-0.1, -0.05) is 23.2 Å². The minimum Gasteiger partial charge on any atom is -0.243 e. The van der Waals surface area contributed by atoms with Crippen LogP contribution in [0.2, 0.25) is 10.0 Å². The van der Waals surface area contributed by atoms with Crippen LogP contribution in [0.5, 0.6) is 0 Å². The van der Waals surface area contributed by atoms with Crippen molar-refractivity contribution < 1.29 is 0 Å². The standard InChI is InChI=1S/C16H6Br2Cl2N2S2/c17-13-3-1-11(23-13)15-16(12-2-4-14(18)24-12)22-10-6-8(20)7(19)5-9(10)21-15/h1-6H. The van der Waals surface area contributed by atoms with E-state index in [0.29, 0.717) is 10.0 Å². The second kappa shape index (κ2) is 6.67. The van der Waals surface area contributed by atoms with E-state index in [2.05, 4.69) is 31.9 Å². The number of aromatic nitrogens is 2. The molecule has 0 aliphatic rings. The molecule has 2 nitrogen and oxygen atoms in total. The topological polar surface area (TPSA) is 25.8 Å². The molecule has 0 bridgehead atoms. The predicted octanol–water partition coefficient (Wildman–Crippen LogP) is 7.92. The molecule has 3 aromatic heterocycles. The fraction of sp³-hybridized carbons (Fsp3) is 0. The Morgan fingerprint density at radius 3 is 1.46 bits per heavy atom. The third kappa shape index (κ3) is 3.16. The van der Waals surface area contributed by atoms with Crippen LogP contribution in [0.25, 0.3) is 32.2 Å². The van der Waals surface area contributed by atoms with Crippen molar-refractivity contribution >= 4 is 88.8 Å². The summed E-state index contributed by atoms with van der Waals surface area (Å²) in [5.41, 5.74) is 3.13. The molecule has 0 aliphatic carbocycles. The zero-order chi connectivity index (χ0) is 16.8. The minimum absolute atomic E-state index is 0.475. The molecule has 0 fully saturated rings. The Labute approximate surface area is 172 Å². The smallest absolute Gasteiger partial charge is 0.108 e. The molecule has 8 heteroatoms. The third-order valence-electron chi connectivity index (χ3n) is 3.32. The quantitative estimate of drug-likeness (QED) is 0.268. The maximum Gasteiger partial charge on any atom is 0.108 e. The molecule has 1 aromatic carbocycles. The maximum atomic E-state index is 6.14. The number of halogens is 4. The Morgan fingerprint density at radius 1 is 0.708 bits per heavy atom. The van der Waals surface area contributed by atoms with E-state index in [1.807, 2.05) is 24.3 Å². The first-order valence-corrected chi connectivity index (χ1v) is 10.7. The van der Waals surface area contributed by atoms with Gasteiger partial charge in [-0.2, -0.15) is 0 Å². The molecule has 3 heterocycles. The highest BCUT2D eigenvalue weighted by molar-refractivity contribution is 9.11. The largest absolute Gasteiger partial charge is 0.243 e. The van der Waals surface area contributed by atoms with E-state index in [1.54, 1.807) is 34.8 Å². The second-order valence-electron chi connectivity index (χ2n) is 4.88. The molecule has 0 spiro atoms. The van der Waals surface area contributed by atoms with E-state index in [1.165, 1.54) is 0 Å². The van der Waals surface area contributed by atoms with Crippen molar-refractivity contribution in [2.45, 2.75) is 0 Å². The lowest BCUT2D eigenvalue weighted by Gasteiger charge is -2.08. The molecule has 24 heavy (non-hydrogen) atoms. The summed E-state index contributed by atoms with van der Waals surface area (Å²) in [6.45, 7) is 0. The molecule has 0 atom stereocenters. The Hall–Kier alpha value is -0.500. The number of nitrogens with zero attached hydrogens (tertiary/aromatic N) is 2. The van der Waals surface area contributed by atoms with Crippen LogP contribution in [0, 0.1) is 0 Å². The monoisotopic (exact) mass is 518 g/mol. The van der Waals surface area contributed by atoms with Gasteiger partial charge >= 0.3 is 0 Å². The number of rotatable bonds is 2. The number of thiophene rings is 2. The molecule has 0 saturated carbocycles. The lowest BCUT2D eigenvalue weighted by atomic mass is 10.2. The average Bonchev–Trinajstić information content (AvgIpc) is 3.16. The fourth-order valence-corrected chi connectivity index (χ4v) is 5.35. The normalized spacial score (nSPS) is 11.3. The Morgan fingerprint density at radius 2 is 1.12 bits per heavy atom. The van der Waals surface area contributed by atoms with Gasteiger partial charge in [-0.05, 0) is 68.3 Å². The summed E-state index contributed by atoms with van der Waals surface area (Å²) in [5.74, 6) is 0. The highest BCUT2D eigenvalue weighted by Gasteiger charge is 2.17. The zero-order valence-electron chi connectivity index (χ0n) is 11.7. The summed E-state index contributed by atoms with van der Waals surface area (Å²) in [6, 6.07) is 11.6. The van der Waals surface area contributed by atoms with Crippen LogP contribution < -0.4 is 0 Å². The number of fused-ring (bicyclic) bond motifs is 1. The maximum absolute atomic E-state index is 6.14. The van der Waals surface area contributed by atoms with Crippen molar-refractivity contribution in [1.82, 2.24) is 9.97 Å². The van der Waals surface area contributed by atoms with Crippen LogP contribution in [0.15, 0.2) is 44.0 Å². The lowest BCUT2D eigenvalue weighted by Crippen LogP contribution is -1.93. The molecule has 0 N–H and O–H groups in total. The molecular formula is C16H6Br2Cl2N2S2. The summed E-state index contributed by atoms with van der Waals surface area (Å²) in [5, 5.41) is 0.951. The highest BCUT2D eigenvalue weighted by atomic mass is 79.9. The Balaban J connectivity index is 2.04. The summed E-state index contributed by atoms with van der Waals surface area (Å²) in [4.78, 5) is 11.7. The molecule has 0 amide bonds.